The summed E-state index contributed by atoms with van der Waals surface area (Å²) in [6.45, 7) is 0. The van der Waals surface area contributed by atoms with Crippen molar-refractivity contribution in [1.29, 1.82) is 0 Å². The third-order valence-corrected chi connectivity index (χ3v) is 2.81. The second kappa shape index (κ2) is 5.90. The second-order valence-corrected chi connectivity index (χ2v) is 4.55. The lowest BCUT2D eigenvalue weighted by molar-refractivity contribution is -0.422. The summed E-state index contributed by atoms with van der Waals surface area (Å²) in [5.74, 6) is -0.0340. The molecule has 0 saturated heterocycles. The van der Waals surface area contributed by atoms with Crippen LogP contribution in [0.2, 0.25) is 10.0 Å². The lowest BCUT2D eigenvalue weighted by Gasteiger charge is -2.06. The topological polar surface area (TPSA) is 108 Å². The van der Waals surface area contributed by atoms with Crippen LogP contribution in [-0.4, -0.2) is 14.8 Å². The first kappa shape index (κ1) is 14.9. The number of hydrogen-bond acceptors (Lipinski definition) is 6. The Kier molecular flexibility index (Phi) is 4.20. The van der Waals surface area contributed by atoms with Gasteiger partial charge in [-0.25, -0.2) is 4.98 Å². The molecule has 1 aromatic heterocycles. The number of ether oxygens (including phenoxy) is 1. The Bertz CT molecular complexity index is 738. The fourth-order valence-electron chi connectivity index (χ4n) is 1.46. The highest BCUT2D eigenvalue weighted by Crippen LogP contribution is 2.34. The third-order valence-electron chi connectivity index (χ3n) is 2.33. The quantitative estimate of drug-likeness (QED) is 0.619. The van der Waals surface area contributed by atoms with Crippen LogP contribution in [0.1, 0.15) is 0 Å². The third kappa shape index (κ3) is 3.36. The highest BCUT2D eigenvalue weighted by molar-refractivity contribution is 6.35. The van der Waals surface area contributed by atoms with Crippen LogP contribution in [0.15, 0.2) is 30.5 Å². The monoisotopic (exact) mass is 329 g/mol. The van der Waals surface area contributed by atoms with E-state index < -0.39 is 21.2 Å². The van der Waals surface area contributed by atoms with Crippen LogP contribution in [0.4, 0.5) is 11.4 Å². The van der Waals surface area contributed by atoms with Crippen molar-refractivity contribution < 1.29 is 14.6 Å². The fourth-order valence-corrected chi connectivity index (χ4v) is 1.87. The minimum absolute atomic E-state index is 0.0102. The molecule has 0 N–H and O–H groups in total. The average molecular weight is 330 g/mol. The summed E-state index contributed by atoms with van der Waals surface area (Å²) in [4.78, 5) is 23.6. The normalized spacial score (nSPS) is 10.2. The Labute approximate surface area is 127 Å². The first-order valence-electron chi connectivity index (χ1n) is 5.30. The van der Waals surface area contributed by atoms with Crippen molar-refractivity contribution in [3.8, 4) is 11.6 Å². The number of nitro benzene ring substituents is 2. The Hall–Kier alpha value is -2.45. The lowest BCUT2D eigenvalue weighted by Crippen LogP contribution is -1.97. The summed E-state index contributed by atoms with van der Waals surface area (Å²) in [5, 5.41) is 21.9. The number of halogens is 2. The van der Waals surface area contributed by atoms with Crippen molar-refractivity contribution in [1.82, 2.24) is 4.98 Å². The zero-order valence-electron chi connectivity index (χ0n) is 10.0. The van der Waals surface area contributed by atoms with Crippen molar-refractivity contribution >= 4 is 34.6 Å². The van der Waals surface area contributed by atoms with E-state index in [-0.39, 0.29) is 16.7 Å². The van der Waals surface area contributed by atoms with Crippen LogP contribution < -0.4 is 4.74 Å². The number of hydrogen-bond donors (Lipinski definition) is 0. The van der Waals surface area contributed by atoms with Crippen LogP contribution in [0.5, 0.6) is 11.6 Å². The van der Waals surface area contributed by atoms with Crippen molar-refractivity contribution in [2.75, 3.05) is 0 Å². The van der Waals surface area contributed by atoms with Gasteiger partial charge >= 0.3 is 11.4 Å². The summed E-state index contributed by atoms with van der Waals surface area (Å²) in [6.07, 6.45) is 1.28. The molecule has 10 heteroatoms. The largest absolute Gasteiger partial charge is 0.437 e. The molecule has 0 aliphatic carbocycles. The summed E-state index contributed by atoms with van der Waals surface area (Å²) >= 11 is 11.5. The second-order valence-electron chi connectivity index (χ2n) is 3.71. The van der Waals surface area contributed by atoms with E-state index in [4.69, 9.17) is 27.9 Å². The van der Waals surface area contributed by atoms with Gasteiger partial charge in [-0.15, -0.1) is 0 Å². The minimum atomic E-state index is -0.873. The van der Waals surface area contributed by atoms with Gasteiger partial charge in [0, 0.05) is 12.3 Å². The number of nitrogens with zero attached hydrogens (tertiary/aromatic N) is 3. The zero-order chi connectivity index (χ0) is 15.6. The molecule has 8 nitrogen and oxygen atoms in total. The van der Waals surface area contributed by atoms with E-state index >= 15 is 0 Å². The summed E-state index contributed by atoms with van der Waals surface area (Å²) < 4.78 is 5.26. The molecule has 0 saturated carbocycles. The molecule has 0 spiro atoms. The molecule has 2 rings (SSSR count). The SMILES string of the molecule is O=[N+]([O-])c1ccc(Oc2ncc(Cl)cc2Cl)cc1[N+](=O)[O-]. The van der Waals surface area contributed by atoms with Gasteiger partial charge in [-0.2, -0.15) is 0 Å². The van der Waals surface area contributed by atoms with Crippen molar-refractivity contribution in [2.45, 2.75) is 0 Å². The van der Waals surface area contributed by atoms with E-state index in [0.717, 1.165) is 12.1 Å². The molecule has 108 valence electrons. The zero-order valence-corrected chi connectivity index (χ0v) is 11.5. The van der Waals surface area contributed by atoms with Gasteiger partial charge < -0.3 is 4.74 Å². The van der Waals surface area contributed by atoms with Gasteiger partial charge in [0.1, 0.15) is 10.8 Å². The van der Waals surface area contributed by atoms with Crippen LogP contribution in [-0.2, 0) is 0 Å². The Balaban J connectivity index is 2.39. The van der Waals surface area contributed by atoms with E-state index in [1.165, 1.54) is 18.3 Å². The highest BCUT2D eigenvalue weighted by atomic mass is 35.5. The molecule has 0 unspecified atom stereocenters. The number of rotatable bonds is 4. The van der Waals surface area contributed by atoms with Crippen LogP contribution in [0.25, 0.3) is 0 Å². The first-order chi connectivity index (χ1) is 9.88. The molecule has 0 amide bonds. The Morgan fingerprint density at radius 1 is 1.05 bits per heavy atom. The number of pyridine rings is 1. The van der Waals surface area contributed by atoms with E-state index in [0.29, 0.717) is 5.02 Å². The van der Waals surface area contributed by atoms with E-state index in [1.54, 1.807) is 0 Å². The Morgan fingerprint density at radius 3 is 2.29 bits per heavy atom. The van der Waals surface area contributed by atoms with E-state index in [1.807, 2.05) is 0 Å². The lowest BCUT2D eigenvalue weighted by atomic mass is 10.2. The number of nitro groups is 2. The maximum atomic E-state index is 10.8. The van der Waals surface area contributed by atoms with Crippen molar-refractivity contribution in [3.63, 3.8) is 0 Å². The van der Waals surface area contributed by atoms with Gasteiger partial charge in [-0.1, -0.05) is 23.2 Å². The van der Waals surface area contributed by atoms with Gasteiger partial charge in [0.2, 0.25) is 5.88 Å². The van der Waals surface area contributed by atoms with Gasteiger partial charge in [0.15, 0.2) is 0 Å². The summed E-state index contributed by atoms with van der Waals surface area (Å²) in [6, 6.07) is 4.48. The predicted molar refractivity (Wildman–Crippen MR) is 74.1 cm³/mol. The molecule has 1 aromatic carbocycles. The van der Waals surface area contributed by atoms with Gasteiger partial charge in [0.05, 0.1) is 20.9 Å². The van der Waals surface area contributed by atoms with Crippen LogP contribution >= 0.6 is 23.2 Å². The van der Waals surface area contributed by atoms with E-state index in [9.17, 15) is 20.2 Å². The molecule has 0 radical (unpaired) electrons. The smallest absolute Gasteiger partial charge is 0.349 e. The molecular weight excluding hydrogens is 325 g/mol. The minimum Gasteiger partial charge on any atom is -0.437 e. The standard InChI is InChI=1S/C11H5Cl2N3O5/c12-6-3-8(13)11(14-5-6)21-7-1-2-9(15(17)18)10(4-7)16(19)20/h1-5H. The molecule has 21 heavy (non-hydrogen) atoms. The number of aromatic nitrogens is 1. The van der Waals surface area contributed by atoms with Gasteiger partial charge in [0.25, 0.3) is 0 Å². The fraction of sp³-hybridized carbons (Fsp3) is 0. The van der Waals surface area contributed by atoms with Gasteiger partial charge in [-0.3, -0.25) is 20.2 Å². The molecule has 0 atom stereocenters. The van der Waals surface area contributed by atoms with Gasteiger partial charge in [-0.05, 0) is 12.1 Å². The Morgan fingerprint density at radius 2 is 1.71 bits per heavy atom. The van der Waals surface area contributed by atoms with Crippen LogP contribution in [0.3, 0.4) is 0 Å². The summed E-state index contributed by atoms with van der Waals surface area (Å²) in [5.41, 5.74) is -1.33. The highest BCUT2D eigenvalue weighted by Gasteiger charge is 2.25. The molecule has 0 fully saturated rings. The average Bonchev–Trinajstić information content (AvgIpc) is 2.41. The number of benzene rings is 1. The molecule has 1 heterocycles. The maximum absolute atomic E-state index is 10.8. The molecule has 2 aromatic rings. The van der Waals surface area contributed by atoms with E-state index in [2.05, 4.69) is 4.98 Å². The molecule has 0 aliphatic rings. The maximum Gasteiger partial charge on any atom is 0.349 e. The predicted octanol–water partition coefficient (Wildman–Crippen LogP) is 4.00. The van der Waals surface area contributed by atoms with Crippen LogP contribution in [0, 0.1) is 20.2 Å². The summed E-state index contributed by atoms with van der Waals surface area (Å²) in [7, 11) is 0. The van der Waals surface area contributed by atoms with Crippen molar-refractivity contribution in [2.24, 2.45) is 0 Å². The molecular formula is C11H5Cl2N3O5. The molecule has 0 aliphatic heterocycles. The van der Waals surface area contributed by atoms with Crippen molar-refractivity contribution in [3.05, 3.63) is 60.7 Å². The molecule has 0 bridgehead atoms. The first-order valence-corrected chi connectivity index (χ1v) is 6.06.